The van der Waals surface area contributed by atoms with Gasteiger partial charge in [-0.1, -0.05) is 18.2 Å². The van der Waals surface area contributed by atoms with E-state index in [0.29, 0.717) is 24.5 Å². The Morgan fingerprint density at radius 2 is 2.04 bits per heavy atom. The molecule has 3 rings (SSSR count). The summed E-state index contributed by atoms with van der Waals surface area (Å²) < 4.78 is 10.9. The van der Waals surface area contributed by atoms with Gasteiger partial charge in [0.15, 0.2) is 11.5 Å². The van der Waals surface area contributed by atoms with Gasteiger partial charge < -0.3 is 19.8 Å². The number of para-hydroxylation sites is 2. The Kier molecular flexibility index (Phi) is 6.53. The summed E-state index contributed by atoms with van der Waals surface area (Å²) >= 11 is 0. The van der Waals surface area contributed by atoms with Gasteiger partial charge in [-0.3, -0.25) is 4.79 Å². The molecule has 0 radical (unpaired) electrons. The predicted molar refractivity (Wildman–Crippen MR) is 110 cm³/mol. The van der Waals surface area contributed by atoms with Gasteiger partial charge in [0.25, 0.3) is 0 Å². The molecule has 0 spiro atoms. The van der Waals surface area contributed by atoms with Crippen molar-refractivity contribution in [2.45, 2.75) is 39.2 Å². The van der Waals surface area contributed by atoms with Gasteiger partial charge in [0.1, 0.15) is 5.82 Å². The molecule has 0 aliphatic carbocycles. The molecule has 0 aliphatic rings. The Labute approximate surface area is 165 Å². The maximum absolute atomic E-state index is 12.3. The Morgan fingerprint density at radius 3 is 2.79 bits per heavy atom. The summed E-state index contributed by atoms with van der Waals surface area (Å²) in [6.07, 6.45) is 1.94. The van der Waals surface area contributed by atoms with E-state index in [1.165, 1.54) is 0 Å². The first-order valence-corrected chi connectivity index (χ1v) is 9.64. The number of aryl methyl sites for hydroxylation is 1. The molecule has 1 atom stereocenters. The maximum Gasteiger partial charge on any atom is 0.220 e. The van der Waals surface area contributed by atoms with Gasteiger partial charge in [0.05, 0.1) is 30.8 Å². The van der Waals surface area contributed by atoms with Gasteiger partial charge in [-0.2, -0.15) is 0 Å². The zero-order valence-corrected chi connectivity index (χ0v) is 16.6. The molecular formula is C22H27N3O3. The van der Waals surface area contributed by atoms with Crippen LogP contribution in [0.25, 0.3) is 11.0 Å². The van der Waals surface area contributed by atoms with Crippen molar-refractivity contribution < 1.29 is 14.3 Å². The fourth-order valence-electron chi connectivity index (χ4n) is 3.17. The zero-order chi connectivity index (χ0) is 19.9. The van der Waals surface area contributed by atoms with Crippen molar-refractivity contribution >= 4 is 16.9 Å². The van der Waals surface area contributed by atoms with E-state index in [4.69, 9.17) is 9.47 Å². The van der Waals surface area contributed by atoms with Crippen LogP contribution in [-0.2, 0) is 11.2 Å². The van der Waals surface area contributed by atoms with E-state index in [2.05, 4.69) is 15.3 Å². The molecule has 3 aromatic rings. The molecule has 1 unspecified atom stereocenters. The Hall–Kier alpha value is -3.02. The van der Waals surface area contributed by atoms with Crippen molar-refractivity contribution in [1.29, 1.82) is 0 Å². The van der Waals surface area contributed by atoms with E-state index in [0.717, 1.165) is 35.3 Å². The molecule has 6 nitrogen and oxygen atoms in total. The average Bonchev–Trinajstić information content (AvgIpc) is 3.11. The second-order valence-electron chi connectivity index (χ2n) is 6.69. The number of H-pyrrole nitrogens is 1. The van der Waals surface area contributed by atoms with Crippen molar-refractivity contribution in [1.82, 2.24) is 15.3 Å². The highest BCUT2D eigenvalue weighted by Gasteiger charge is 2.13. The lowest BCUT2D eigenvalue weighted by Gasteiger charge is -2.17. The number of hydrogen-bond acceptors (Lipinski definition) is 4. The summed E-state index contributed by atoms with van der Waals surface area (Å²) in [4.78, 5) is 20.2. The van der Waals surface area contributed by atoms with Crippen LogP contribution in [0.5, 0.6) is 11.5 Å². The van der Waals surface area contributed by atoms with E-state index in [-0.39, 0.29) is 11.9 Å². The third-order valence-corrected chi connectivity index (χ3v) is 4.62. The standard InChI is InChI=1S/C22H27N3O3/c1-4-28-19-13-12-16(14-20(19)27-3)15(2)23-22(26)11-7-10-21-24-17-8-5-6-9-18(17)25-21/h5-6,8-9,12-15H,4,7,10-11H2,1-3H3,(H,23,26)(H,24,25). The Bertz CT molecular complexity index is 903. The molecule has 1 aromatic heterocycles. The number of carbonyl (C=O) groups is 1. The number of benzene rings is 2. The summed E-state index contributed by atoms with van der Waals surface area (Å²) in [5, 5.41) is 3.05. The minimum atomic E-state index is -0.108. The number of aromatic amines is 1. The van der Waals surface area contributed by atoms with E-state index >= 15 is 0 Å². The van der Waals surface area contributed by atoms with Gasteiger partial charge in [-0.15, -0.1) is 0 Å². The molecular weight excluding hydrogens is 354 g/mol. The van der Waals surface area contributed by atoms with Crippen LogP contribution in [0.15, 0.2) is 42.5 Å². The number of ether oxygens (including phenoxy) is 2. The topological polar surface area (TPSA) is 76.2 Å². The van der Waals surface area contributed by atoms with Crippen molar-refractivity contribution in [2.24, 2.45) is 0 Å². The second-order valence-corrected chi connectivity index (χ2v) is 6.69. The molecule has 0 aliphatic heterocycles. The monoisotopic (exact) mass is 381 g/mol. The third kappa shape index (κ3) is 4.82. The number of nitrogens with zero attached hydrogens (tertiary/aromatic N) is 1. The highest BCUT2D eigenvalue weighted by molar-refractivity contribution is 5.76. The van der Waals surface area contributed by atoms with Crippen LogP contribution in [0, 0.1) is 0 Å². The predicted octanol–water partition coefficient (Wildman–Crippen LogP) is 4.17. The maximum atomic E-state index is 12.3. The summed E-state index contributed by atoms with van der Waals surface area (Å²) in [6, 6.07) is 13.6. The van der Waals surface area contributed by atoms with Gasteiger partial charge in [0.2, 0.25) is 5.91 Å². The van der Waals surface area contributed by atoms with Crippen molar-refractivity contribution in [3.8, 4) is 11.5 Å². The van der Waals surface area contributed by atoms with E-state index in [1.54, 1.807) is 7.11 Å². The number of carbonyl (C=O) groups excluding carboxylic acids is 1. The zero-order valence-electron chi connectivity index (χ0n) is 16.6. The first kappa shape index (κ1) is 19.7. The molecule has 0 saturated heterocycles. The molecule has 6 heteroatoms. The minimum absolute atomic E-state index is 0.0245. The first-order chi connectivity index (χ1) is 13.6. The summed E-state index contributed by atoms with van der Waals surface area (Å²) in [5.41, 5.74) is 2.96. The molecule has 0 saturated carbocycles. The molecule has 0 fully saturated rings. The van der Waals surface area contributed by atoms with Gasteiger partial charge in [0, 0.05) is 12.8 Å². The number of methoxy groups -OCH3 is 1. The largest absolute Gasteiger partial charge is 0.493 e. The lowest BCUT2D eigenvalue weighted by atomic mass is 10.1. The number of imidazole rings is 1. The number of fused-ring (bicyclic) bond motifs is 1. The molecule has 1 amide bonds. The fraction of sp³-hybridized carbons (Fsp3) is 0.364. The number of aromatic nitrogens is 2. The third-order valence-electron chi connectivity index (χ3n) is 4.62. The van der Waals surface area contributed by atoms with Gasteiger partial charge in [-0.05, 0) is 50.1 Å². The highest BCUT2D eigenvalue weighted by atomic mass is 16.5. The van der Waals surface area contributed by atoms with Gasteiger partial charge in [-0.25, -0.2) is 4.98 Å². The smallest absolute Gasteiger partial charge is 0.220 e. The minimum Gasteiger partial charge on any atom is -0.493 e. The van der Waals surface area contributed by atoms with Crippen LogP contribution in [0.3, 0.4) is 0 Å². The van der Waals surface area contributed by atoms with Crippen molar-refractivity contribution in [3.05, 3.63) is 53.9 Å². The molecule has 0 bridgehead atoms. The number of nitrogens with one attached hydrogen (secondary N) is 2. The van der Waals surface area contributed by atoms with E-state index < -0.39 is 0 Å². The van der Waals surface area contributed by atoms with E-state index in [9.17, 15) is 4.79 Å². The van der Waals surface area contributed by atoms with Crippen LogP contribution >= 0.6 is 0 Å². The summed E-state index contributed by atoms with van der Waals surface area (Å²) in [6.45, 7) is 4.47. The van der Waals surface area contributed by atoms with Crippen molar-refractivity contribution in [2.75, 3.05) is 13.7 Å². The lowest BCUT2D eigenvalue weighted by molar-refractivity contribution is -0.121. The molecule has 2 aromatic carbocycles. The fourth-order valence-corrected chi connectivity index (χ4v) is 3.17. The average molecular weight is 381 g/mol. The number of hydrogen-bond donors (Lipinski definition) is 2. The summed E-state index contributed by atoms with van der Waals surface area (Å²) in [5.74, 6) is 2.32. The van der Waals surface area contributed by atoms with Crippen LogP contribution in [0.4, 0.5) is 0 Å². The van der Waals surface area contributed by atoms with Crippen LogP contribution < -0.4 is 14.8 Å². The van der Waals surface area contributed by atoms with Crippen molar-refractivity contribution in [3.63, 3.8) is 0 Å². The summed E-state index contributed by atoms with van der Waals surface area (Å²) in [7, 11) is 1.61. The number of amides is 1. The molecule has 28 heavy (non-hydrogen) atoms. The molecule has 1 heterocycles. The second kappa shape index (κ2) is 9.26. The quantitative estimate of drug-likeness (QED) is 0.583. The lowest BCUT2D eigenvalue weighted by Crippen LogP contribution is -2.26. The van der Waals surface area contributed by atoms with E-state index in [1.807, 2.05) is 56.3 Å². The van der Waals surface area contributed by atoms with Crippen LogP contribution in [-0.4, -0.2) is 29.6 Å². The number of rotatable bonds is 9. The Morgan fingerprint density at radius 1 is 1.21 bits per heavy atom. The Balaban J connectivity index is 1.51. The van der Waals surface area contributed by atoms with Crippen LogP contribution in [0.2, 0.25) is 0 Å². The highest BCUT2D eigenvalue weighted by Crippen LogP contribution is 2.30. The normalized spacial score (nSPS) is 12.0. The molecule has 2 N–H and O–H groups in total. The van der Waals surface area contributed by atoms with Gasteiger partial charge >= 0.3 is 0 Å². The molecule has 148 valence electrons. The SMILES string of the molecule is CCOc1ccc(C(C)NC(=O)CCCc2nc3ccccc3[nH]2)cc1OC. The first-order valence-electron chi connectivity index (χ1n) is 9.64. The van der Waals surface area contributed by atoms with Crippen LogP contribution in [0.1, 0.15) is 44.1 Å².